The number of nitrogens with one attached hydrogen (secondary N) is 2. The molecule has 0 unspecified atom stereocenters. The van der Waals surface area contributed by atoms with E-state index in [9.17, 15) is 27.2 Å². The minimum absolute atomic E-state index is 0.0872. The summed E-state index contributed by atoms with van der Waals surface area (Å²) < 4.78 is 52.1. The van der Waals surface area contributed by atoms with E-state index in [0.29, 0.717) is 28.9 Å². The number of aryl methyl sites for hydroxylation is 1. The number of hydrogen-bond acceptors (Lipinski definition) is 4. The summed E-state index contributed by atoms with van der Waals surface area (Å²) in [6.07, 6.45) is 2.27. The largest absolute Gasteiger partial charge is 0.419 e. The Morgan fingerprint density at radius 3 is 2.41 bits per heavy atom. The molecule has 2 N–H and O–H groups in total. The van der Waals surface area contributed by atoms with Crippen molar-refractivity contribution in [2.45, 2.75) is 13.1 Å². The van der Waals surface area contributed by atoms with Gasteiger partial charge in [0.2, 0.25) is 5.91 Å². The lowest BCUT2D eigenvalue weighted by Gasteiger charge is -2.12. The summed E-state index contributed by atoms with van der Waals surface area (Å²) in [4.78, 5) is 32.3. The Morgan fingerprint density at radius 1 is 1.00 bits per heavy atom. The summed E-state index contributed by atoms with van der Waals surface area (Å²) in [5.41, 5.74) is -0.000842. The molecule has 0 aliphatic heterocycles. The summed E-state index contributed by atoms with van der Waals surface area (Å²) in [6.45, 7) is 1.71. The first-order chi connectivity index (χ1) is 15.1. The zero-order valence-electron chi connectivity index (χ0n) is 16.6. The molecule has 164 valence electrons. The van der Waals surface area contributed by atoms with Crippen molar-refractivity contribution in [2.75, 3.05) is 10.6 Å². The molecule has 0 bridgehead atoms. The number of alkyl halides is 3. The minimum Gasteiger partial charge on any atom is -0.322 e. The minimum atomic E-state index is -4.90. The number of hydrogen-bond donors (Lipinski definition) is 2. The fourth-order valence-electron chi connectivity index (χ4n) is 2.66. The quantitative estimate of drug-likeness (QED) is 0.436. The Kier molecular flexibility index (Phi) is 6.62. The molecule has 3 aromatic rings. The Morgan fingerprint density at radius 2 is 1.72 bits per heavy atom. The second-order valence-electron chi connectivity index (χ2n) is 6.67. The van der Waals surface area contributed by atoms with Crippen molar-refractivity contribution < 1.29 is 27.2 Å². The molecular formula is C22H16F4N4O2. The van der Waals surface area contributed by atoms with Crippen molar-refractivity contribution in [3.05, 3.63) is 89.3 Å². The molecule has 32 heavy (non-hydrogen) atoms. The smallest absolute Gasteiger partial charge is 0.322 e. The first-order valence-electron chi connectivity index (χ1n) is 9.16. The average Bonchev–Trinajstić information content (AvgIpc) is 2.75. The number of anilines is 2. The molecule has 0 aliphatic carbocycles. The van der Waals surface area contributed by atoms with Gasteiger partial charge in [0, 0.05) is 41.0 Å². The van der Waals surface area contributed by atoms with Crippen LogP contribution in [0.4, 0.5) is 28.9 Å². The molecule has 0 spiro atoms. The van der Waals surface area contributed by atoms with Crippen molar-refractivity contribution in [1.29, 1.82) is 0 Å². The number of nitrogens with zero attached hydrogens (tertiary/aromatic N) is 2. The van der Waals surface area contributed by atoms with Crippen LogP contribution in [0.1, 0.15) is 27.0 Å². The SMILES string of the molecule is Cc1ccc(C(=O)Nc2ccc(F)c(C(F)(F)F)c2)cc1NC(=O)C=Cc1cncnc1. The number of rotatable bonds is 5. The van der Waals surface area contributed by atoms with Gasteiger partial charge in [0.15, 0.2) is 0 Å². The van der Waals surface area contributed by atoms with Gasteiger partial charge in [-0.2, -0.15) is 13.2 Å². The van der Waals surface area contributed by atoms with Crippen LogP contribution in [0.2, 0.25) is 0 Å². The molecule has 2 aromatic carbocycles. The maximum Gasteiger partial charge on any atom is 0.419 e. The summed E-state index contributed by atoms with van der Waals surface area (Å²) in [7, 11) is 0. The third kappa shape index (κ3) is 5.75. The van der Waals surface area contributed by atoms with Gasteiger partial charge in [-0.05, 0) is 48.9 Å². The number of halogens is 4. The van der Waals surface area contributed by atoms with Gasteiger partial charge in [-0.15, -0.1) is 0 Å². The normalized spacial score (nSPS) is 11.4. The monoisotopic (exact) mass is 444 g/mol. The lowest BCUT2D eigenvalue weighted by Crippen LogP contribution is -2.15. The van der Waals surface area contributed by atoms with Gasteiger partial charge >= 0.3 is 6.18 Å². The summed E-state index contributed by atoms with van der Waals surface area (Å²) in [5, 5.41) is 4.93. The molecular weight excluding hydrogens is 428 g/mol. The molecule has 0 aliphatic rings. The fourth-order valence-corrected chi connectivity index (χ4v) is 2.66. The van der Waals surface area contributed by atoms with Gasteiger partial charge in [0.05, 0.1) is 5.56 Å². The van der Waals surface area contributed by atoms with E-state index >= 15 is 0 Å². The molecule has 10 heteroatoms. The van der Waals surface area contributed by atoms with Gasteiger partial charge in [-0.3, -0.25) is 9.59 Å². The van der Waals surface area contributed by atoms with Crippen LogP contribution in [0, 0.1) is 12.7 Å². The average molecular weight is 444 g/mol. The Labute approximate surface area is 180 Å². The molecule has 0 radical (unpaired) electrons. The molecule has 1 heterocycles. The topological polar surface area (TPSA) is 84.0 Å². The highest BCUT2D eigenvalue weighted by molar-refractivity contribution is 6.07. The predicted octanol–water partition coefficient (Wildman–Crippen LogP) is 4.85. The molecule has 0 saturated carbocycles. The van der Waals surface area contributed by atoms with Crippen LogP contribution >= 0.6 is 0 Å². The molecule has 0 fully saturated rings. The fraction of sp³-hybridized carbons (Fsp3) is 0.0909. The van der Waals surface area contributed by atoms with Crippen LogP contribution < -0.4 is 10.6 Å². The van der Waals surface area contributed by atoms with Crippen LogP contribution in [0.5, 0.6) is 0 Å². The first kappa shape index (κ1) is 22.6. The van der Waals surface area contributed by atoms with Crippen molar-refractivity contribution in [1.82, 2.24) is 9.97 Å². The Bertz CT molecular complexity index is 1180. The highest BCUT2D eigenvalue weighted by Crippen LogP contribution is 2.33. The molecule has 0 atom stereocenters. The first-order valence-corrected chi connectivity index (χ1v) is 9.16. The van der Waals surface area contributed by atoms with Crippen LogP contribution in [0.15, 0.2) is 61.2 Å². The Hall–Kier alpha value is -4.08. The highest BCUT2D eigenvalue weighted by atomic mass is 19.4. The number of carbonyl (C=O) groups excluding carboxylic acids is 2. The van der Waals surface area contributed by atoms with Gasteiger partial charge in [-0.25, -0.2) is 14.4 Å². The highest BCUT2D eigenvalue weighted by Gasteiger charge is 2.34. The van der Waals surface area contributed by atoms with Crippen molar-refractivity contribution in [3.63, 3.8) is 0 Å². The van der Waals surface area contributed by atoms with Crippen LogP contribution in [-0.4, -0.2) is 21.8 Å². The van der Waals surface area contributed by atoms with Gasteiger partial charge in [0.1, 0.15) is 12.1 Å². The standard InChI is InChI=1S/C22H16F4N4O2/c1-13-2-4-15(8-19(13)30-20(31)7-3-14-10-27-12-28-11-14)21(32)29-16-5-6-18(23)17(9-16)22(24,25)26/h2-12H,1H3,(H,29,32)(H,30,31). The number of benzene rings is 2. The zero-order chi connectivity index (χ0) is 23.3. The van der Waals surface area contributed by atoms with Crippen LogP contribution in [-0.2, 0) is 11.0 Å². The van der Waals surface area contributed by atoms with Gasteiger partial charge in [-0.1, -0.05) is 6.07 Å². The molecule has 0 saturated heterocycles. The van der Waals surface area contributed by atoms with E-state index in [1.54, 1.807) is 13.0 Å². The lowest BCUT2D eigenvalue weighted by molar-refractivity contribution is -0.139. The lowest BCUT2D eigenvalue weighted by atomic mass is 10.1. The van der Waals surface area contributed by atoms with E-state index < -0.39 is 29.4 Å². The van der Waals surface area contributed by atoms with E-state index in [-0.39, 0.29) is 11.3 Å². The number of aromatic nitrogens is 2. The summed E-state index contributed by atoms with van der Waals surface area (Å²) >= 11 is 0. The van der Waals surface area contributed by atoms with Gasteiger partial charge in [0.25, 0.3) is 5.91 Å². The van der Waals surface area contributed by atoms with E-state index in [0.717, 1.165) is 6.07 Å². The summed E-state index contributed by atoms with van der Waals surface area (Å²) in [5.74, 6) is -2.63. The van der Waals surface area contributed by atoms with Crippen molar-refractivity contribution in [3.8, 4) is 0 Å². The van der Waals surface area contributed by atoms with E-state index in [1.165, 1.54) is 43.0 Å². The number of amides is 2. The third-order valence-electron chi connectivity index (χ3n) is 4.29. The molecule has 2 amide bonds. The Balaban J connectivity index is 1.74. The maximum atomic E-state index is 13.4. The maximum absolute atomic E-state index is 13.4. The van der Waals surface area contributed by atoms with Crippen LogP contribution in [0.25, 0.3) is 6.08 Å². The van der Waals surface area contributed by atoms with Crippen LogP contribution in [0.3, 0.4) is 0 Å². The van der Waals surface area contributed by atoms with Gasteiger partial charge < -0.3 is 10.6 Å². The summed E-state index contributed by atoms with van der Waals surface area (Å²) in [6, 6.07) is 6.58. The van der Waals surface area contributed by atoms with Crippen molar-refractivity contribution >= 4 is 29.3 Å². The second-order valence-corrected chi connectivity index (χ2v) is 6.67. The zero-order valence-corrected chi connectivity index (χ0v) is 16.6. The van der Waals surface area contributed by atoms with E-state index in [2.05, 4.69) is 20.6 Å². The molecule has 1 aromatic heterocycles. The third-order valence-corrected chi connectivity index (χ3v) is 4.29. The second kappa shape index (κ2) is 9.38. The molecule has 6 nitrogen and oxygen atoms in total. The number of carbonyl (C=O) groups is 2. The predicted molar refractivity (Wildman–Crippen MR) is 110 cm³/mol. The molecule has 3 rings (SSSR count). The van der Waals surface area contributed by atoms with E-state index in [1.807, 2.05) is 0 Å². The van der Waals surface area contributed by atoms with E-state index in [4.69, 9.17) is 0 Å². The van der Waals surface area contributed by atoms with Crippen molar-refractivity contribution in [2.24, 2.45) is 0 Å².